The zero-order valence-electron chi connectivity index (χ0n) is 18.5. The van der Waals surface area contributed by atoms with Gasteiger partial charge in [0.1, 0.15) is 0 Å². The lowest BCUT2D eigenvalue weighted by Gasteiger charge is -2.26. The van der Waals surface area contributed by atoms with Crippen LogP contribution in [-0.4, -0.2) is 10.4 Å². The maximum atomic E-state index is 9.50. The summed E-state index contributed by atoms with van der Waals surface area (Å²) < 4.78 is 0. The number of para-hydroxylation sites is 1. The molecule has 0 saturated carbocycles. The first kappa shape index (κ1) is 21.5. The molecule has 4 nitrogen and oxygen atoms in total. The molecule has 34 heavy (non-hydrogen) atoms. The quantitative estimate of drug-likeness (QED) is 0.260. The first-order chi connectivity index (χ1) is 16.7. The average molecular weight is 445 g/mol. The Morgan fingerprint density at radius 3 is 1.32 bits per heavy atom. The van der Waals surface area contributed by atoms with Gasteiger partial charge in [-0.1, -0.05) is 91.0 Å². The highest BCUT2D eigenvalue weighted by Crippen LogP contribution is 2.37. The molecule has 0 radical (unpaired) electrons. The molecule has 0 amide bonds. The van der Waals surface area contributed by atoms with Crippen molar-refractivity contribution >= 4 is 22.7 Å². The smallest absolute Gasteiger partial charge is 0.0963 e. The summed E-state index contributed by atoms with van der Waals surface area (Å²) in [7, 11) is 0. The molecule has 0 unspecified atom stereocenters. The molecule has 0 atom stereocenters. The van der Waals surface area contributed by atoms with Crippen LogP contribution in [-0.2, 0) is 0 Å². The van der Waals surface area contributed by atoms with Gasteiger partial charge in [0.2, 0.25) is 0 Å². The van der Waals surface area contributed by atoms with Gasteiger partial charge in [0.05, 0.1) is 5.69 Å². The maximum Gasteiger partial charge on any atom is 0.0963 e. The Morgan fingerprint density at radius 2 is 0.765 bits per heavy atom. The number of hydrogen-bond acceptors (Lipinski definition) is 4. The van der Waals surface area contributed by atoms with Crippen LogP contribution >= 0.6 is 0 Å². The van der Waals surface area contributed by atoms with Crippen molar-refractivity contribution in [3.05, 3.63) is 133 Å². The van der Waals surface area contributed by atoms with Crippen LogP contribution in [0.5, 0.6) is 0 Å². The van der Waals surface area contributed by atoms with Crippen molar-refractivity contribution in [1.29, 1.82) is 0 Å². The third-order valence-corrected chi connectivity index (χ3v) is 5.78. The highest BCUT2D eigenvalue weighted by molar-refractivity contribution is 5.80. The standard InChI is InChI=1S/C30H24N2O2/c33-32(34)30-13-7-12-29(22-30)31(27-10-5-2-6-11-27)28-20-18-26(19-21-28)25-16-14-24(15-17-25)23-8-3-1-4-9-23/h1-22,33-34H. The van der Waals surface area contributed by atoms with Crippen LogP contribution in [0.1, 0.15) is 0 Å². The molecule has 0 heterocycles. The van der Waals surface area contributed by atoms with Gasteiger partial charge in [-0.15, -0.1) is 5.23 Å². The molecular weight excluding hydrogens is 420 g/mol. The predicted octanol–water partition coefficient (Wildman–Crippen LogP) is 8.08. The van der Waals surface area contributed by atoms with Gasteiger partial charge in [0.25, 0.3) is 0 Å². The Morgan fingerprint density at radius 1 is 0.353 bits per heavy atom. The van der Waals surface area contributed by atoms with E-state index in [1.807, 2.05) is 42.5 Å². The van der Waals surface area contributed by atoms with E-state index in [2.05, 4.69) is 77.7 Å². The minimum absolute atomic E-state index is 0.134. The second-order valence-corrected chi connectivity index (χ2v) is 7.97. The van der Waals surface area contributed by atoms with E-state index in [1.165, 1.54) is 11.1 Å². The van der Waals surface area contributed by atoms with Crippen LogP contribution in [0.15, 0.2) is 133 Å². The maximum absolute atomic E-state index is 9.50. The Balaban J connectivity index is 1.48. The van der Waals surface area contributed by atoms with Gasteiger partial charge in [0.15, 0.2) is 0 Å². The summed E-state index contributed by atoms with van der Waals surface area (Å²) in [5, 5.41) is 19.1. The molecule has 0 fully saturated rings. The second-order valence-electron chi connectivity index (χ2n) is 7.97. The molecule has 5 aromatic carbocycles. The van der Waals surface area contributed by atoms with Crippen molar-refractivity contribution in [3.8, 4) is 22.3 Å². The highest BCUT2D eigenvalue weighted by atomic mass is 16.8. The zero-order chi connectivity index (χ0) is 23.3. The number of rotatable bonds is 6. The summed E-state index contributed by atoms with van der Waals surface area (Å²) in [6.45, 7) is 0. The summed E-state index contributed by atoms with van der Waals surface area (Å²) in [5.41, 5.74) is 7.72. The fourth-order valence-electron chi connectivity index (χ4n) is 4.07. The third kappa shape index (κ3) is 4.55. The minimum atomic E-state index is 0.134. The van der Waals surface area contributed by atoms with Crippen molar-refractivity contribution in [2.24, 2.45) is 0 Å². The molecule has 0 aliphatic heterocycles. The van der Waals surface area contributed by atoms with Crippen molar-refractivity contribution < 1.29 is 10.4 Å². The molecule has 5 rings (SSSR count). The number of anilines is 4. The van der Waals surface area contributed by atoms with E-state index >= 15 is 0 Å². The molecular formula is C30H24N2O2. The molecule has 0 aromatic heterocycles. The van der Waals surface area contributed by atoms with E-state index < -0.39 is 0 Å². The molecule has 0 spiro atoms. The minimum Gasteiger partial charge on any atom is -0.310 e. The fourth-order valence-corrected chi connectivity index (χ4v) is 4.07. The molecule has 0 aliphatic carbocycles. The first-order valence-corrected chi connectivity index (χ1v) is 11.1. The van der Waals surface area contributed by atoms with Gasteiger partial charge < -0.3 is 4.90 Å². The predicted molar refractivity (Wildman–Crippen MR) is 138 cm³/mol. The summed E-state index contributed by atoms with van der Waals surface area (Å²) in [5.74, 6) is 0. The lowest BCUT2D eigenvalue weighted by atomic mass is 10.00. The second kappa shape index (κ2) is 9.63. The van der Waals surface area contributed by atoms with E-state index in [0.717, 1.165) is 28.2 Å². The highest BCUT2D eigenvalue weighted by Gasteiger charge is 2.14. The summed E-state index contributed by atoms with van der Waals surface area (Å²) in [6.07, 6.45) is 0. The monoisotopic (exact) mass is 444 g/mol. The van der Waals surface area contributed by atoms with Crippen LogP contribution in [0, 0.1) is 0 Å². The Hall–Kier alpha value is -4.38. The fraction of sp³-hybridized carbons (Fsp3) is 0. The summed E-state index contributed by atoms with van der Waals surface area (Å²) in [6, 6.07) is 44.4. The molecule has 2 N–H and O–H groups in total. The average Bonchev–Trinajstić information content (AvgIpc) is 2.91. The summed E-state index contributed by atoms with van der Waals surface area (Å²) in [4.78, 5) is 2.08. The van der Waals surface area contributed by atoms with Crippen molar-refractivity contribution in [2.45, 2.75) is 0 Å². The van der Waals surface area contributed by atoms with Gasteiger partial charge in [-0.25, -0.2) is 0 Å². The number of nitrogens with zero attached hydrogens (tertiary/aromatic N) is 2. The van der Waals surface area contributed by atoms with Gasteiger partial charge in [-0.2, -0.15) is 0 Å². The topological polar surface area (TPSA) is 46.9 Å². The first-order valence-electron chi connectivity index (χ1n) is 11.1. The van der Waals surface area contributed by atoms with Crippen LogP contribution in [0.25, 0.3) is 22.3 Å². The van der Waals surface area contributed by atoms with Gasteiger partial charge in [-0.3, -0.25) is 10.4 Å². The van der Waals surface area contributed by atoms with E-state index in [9.17, 15) is 10.4 Å². The van der Waals surface area contributed by atoms with Gasteiger partial charge >= 0.3 is 0 Å². The Bertz CT molecular complexity index is 1350. The lowest BCUT2D eigenvalue weighted by Crippen LogP contribution is -2.13. The Kier molecular flexibility index (Phi) is 6.08. The molecule has 4 heteroatoms. The van der Waals surface area contributed by atoms with E-state index in [0.29, 0.717) is 0 Å². The van der Waals surface area contributed by atoms with E-state index in [4.69, 9.17) is 0 Å². The lowest BCUT2D eigenvalue weighted by molar-refractivity contribution is 0.0292. The largest absolute Gasteiger partial charge is 0.310 e. The van der Waals surface area contributed by atoms with Crippen LogP contribution < -0.4 is 10.1 Å². The Labute approximate surface area is 199 Å². The summed E-state index contributed by atoms with van der Waals surface area (Å²) >= 11 is 0. The van der Waals surface area contributed by atoms with Crippen LogP contribution in [0.2, 0.25) is 0 Å². The molecule has 0 saturated heterocycles. The number of benzene rings is 5. The number of hydrogen-bond donors (Lipinski definition) is 2. The zero-order valence-corrected chi connectivity index (χ0v) is 18.5. The van der Waals surface area contributed by atoms with Crippen molar-refractivity contribution in [1.82, 2.24) is 0 Å². The van der Waals surface area contributed by atoms with E-state index in [1.54, 1.807) is 18.2 Å². The molecule has 166 valence electrons. The molecule has 0 bridgehead atoms. The van der Waals surface area contributed by atoms with Gasteiger partial charge in [0, 0.05) is 17.1 Å². The van der Waals surface area contributed by atoms with Gasteiger partial charge in [-0.05, 0) is 64.7 Å². The van der Waals surface area contributed by atoms with Crippen LogP contribution in [0.4, 0.5) is 22.7 Å². The SMILES string of the molecule is ON(O)c1cccc(N(c2ccccc2)c2ccc(-c3ccc(-c4ccccc4)cc3)cc2)c1. The molecule has 0 aliphatic rings. The van der Waals surface area contributed by atoms with Crippen molar-refractivity contribution in [3.63, 3.8) is 0 Å². The normalized spacial score (nSPS) is 10.6. The van der Waals surface area contributed by atoms with Crippen molar-refractivity contribution in [2.75, 3.05) is 10.1 Å². The molecule has 5 aromatic rings. The van der Waals surface area contributed by atoms with E-state index in [-0.39, 0.29) is 10.9 Å². The van der Waals surface area contributed by atoms with Crippen LogP contribution in [0.3, 0.4) is 0 Å². The third-order valence-electron chi connectivity index (χ3n) is 5.78.